The number of amides is 1. The number of nitrogens with one attached hydrogen (secondary N) is 1. The molecule has 1 N–H and O–H groups in total. The van der Waals surface area contributed by atoms with Crippen LogP contribution in [0.1, 0.15) is 18.0 Å². The molecule has 1 aliphatic rings. The van der Waals surface area contributed by atoms with E-state index in [1.807, 2.05) is 0 Å². The van der Waals surface area contributed by atoms with Crippen LogP contribution in [0.2, 0.25) is 10.0 Å². The van der Waals surface area contributed by atoms with Crippen molar-refractivity contribution in [3.63, 3.8) is 0 Å². The quantitative estimate of drug-likeness (QED) is 0.866. The number of ether oxygens (including phenoxy) is 1. The maximum absolute atomic E-state index is 11.6. The highest BCUT2D eigenvalue weighted by molar-refractivity contribution is 6.33. The zero-order chi connectivity index (χ0) is 13.8. The third kappa shape index (κ3) is 3.50. The van der Waals surface area contributed by atoms with Crippen molar-refractivity contribution < 1.29 is 9.53 Å². The number of rotatable bonds is 4. The molecule has 5 heteroatoms. The smallest absolute Gasteiger partial charge is 0.243 e. The Morgan fingerprint density at radius 3 is 2.95 bits per heavy atom. The third-order valence-corrected chi connectivity index (χ3v) is 3.79. The zero-order valence-electron chi connectivity index (χ0n) is 10.4. The molecule has 0 saturated carbocycles. The largest absolute Gasteiger partial charge is 0.381 e. The average molecular weight is 300 g/mol. The average Bonchev–Trinajstić information content (AvgIpc) is 2.92. The minimum atomic E-state index is -0.229. The highest BCUT2D eigenvalue weighted by Gasteiger charge is 2.29. The summed E-state index contributed by atoms with van der Waals surface area (Å²) in [7, 11) is 0. The van der Waals surface area contributed by atoms with Crippen molar-refractivity contribution in [3.05, 3.63) is 46.5 Å². The summed E-state index contributed by atoms with van der Waals surface area (Å²) in [5, 5.41) is 4.10. The molecule has 1 amide bonds. The fourth-order valence-electron chi connectivity index (χ4n) is 2.23. The van der Waals surface area contributed by atoms with Gasteiger partial charge in [0.2, 0.25) is 5.91 Å². The number of carbonyl (C=O) groups is 1. The molecular formula is C14H15Cl2NO2. The van der Waals surface area contributed by atoms with Crippen LogP contribution < -0.4 is 5.32 Å². The highest BCUT2D eigenvalue weighted by Crippen LogP contribution is 2.34. The summed E-state index contributed by atoms with van der Waals surface area (Å²) in [6, 6.07) is 5.04. The molecule has 2 atom stereocenters. The standard InChI is InChI=1S/C14H15Cl2NO2/c1-2-13(18)17-14(9-5-6-19-8-9)11-7-10(15)3-4-12(11)16/h2-4,7,9,14H,1,5-6,8H2,(H,17,18)/t9-,14+/m0/s1. The fourth-order valence-corrected chi connectivity index (χ4v) is 2.65. The Balaban J connectivity index is 2.32. The van der Waals surface area contributed by atoms with Crippen LogP contribution >= 0.6 is 23.2 Å². The Morgan fingerprint density at radius 2 is 2.32 bits per heavy atom. The van der Waals surface area contributed by atoms with Crippen LogP contribution in [0, 0.1) is 5.92 Å². The molecule has 1 aromatic rings. The van der Waals surface area contributed by atoms with E-state index in [0.717, 1.165) is 12.0 Å². The number of benzene rings is 1. The number of halogens is 2. The Morgan fingerprint density at radius 1 is 1.53 bits per heavy atom. The van der Waals surface area contributed by atoms with Crippen molar-refractivity contribution in [2.45, 2.75) is 12.5 Å². The second-order valence-electron chi connectivity index (χ2n) is 4.48. The molecule has 1 aromatic carbocycles. The maximum atomic E-state index is 11.6. The van der Waals surface area contributed by atoms with Gasteiger partial charge in [-0.3, -0.25) is 4.79 Å². The summed E-state index contributed by atoms with van der Waals surface area (Å²) in [5.74, 6) is -0.0344. The van der Waals surface area contributed by atoms with Crippen LogP contribution in [0.3, 0.4) is 0 Å². The van der Waals surface area contributed by atoms with Crippen molar-refractivity contribution in [1.82, 2.24) is 5.32 Å². The highest BCUT2D eigenvalue weighted by atomic mass is 35.5. The summed E-state index contributed by atoms with van der Waals surface area (Å²) in [5.41, 5.74) is 0.819. The van der Waals surface area contributed by atoms with E-state index in [1.54, 1.807) is 18.2 Å². The van der Waals surface area contributed by atoms with Crippen molar-refractivity contribution in [1.29, 1.82) is 0 Å². The summed E-state index contributed by atoms with van der Waals surface area (Å²) < 4.78 is 5.39. The van der Waals surface area contributed by atoms with Gasteiger partial charge >= 0.3 is 0 Å². The molecule has 0 radical (unpaired) electrons. The topological polar surface area (TPSA) is 38.3 Å². The van der Waals surface area contributed by atoms with Crippen molar-refractivity contribution in [3.8, 4) is 0 Å². The molecule has 1 saturated heterocycles. The SMILES string of the molecule is C=CC(=O)N[C@@H](c1cc(Cl)ccc1Cl)[C@H]1CCOC1. The summed E-state index contributed by atoms with van der Waals surface area (Å²) >= 11 is 12.2. The van der Waals surface area contributed by atoms with Gasteiger partial charge in [-0.25, -0.2) is 0 Å². The van der Waals surface area contributed by atoms with Crippen LogP contribution in [-0.4, -0.2) is 19.1 Å². The van der Waals surface area contributed by atoms with Crippen molar-refractivity contribution in [2.24, 2.45) is 5.92 Å². The second kappa shape index (κ2) is 6.42. The molecule has 0 aliphatic carbocycles. The van der Waals surface area contributed by atoms with Crippen molar-refractivity contribution in [2.75, 3.05) is 13.2 Å². The normalized spacial score (nSPS) is 20.0. The van der Waals surface area contributed by atoms with Gasteiger partial charge in [-0.2, -0.15) is 0 Å². The lowest BCUT2D eigenvalue weighted by Gasteiger charge is -2.24. The molecule has 0 aromatic heterocycles. The minimum absolute atomic E-state index is 0.194. The molecule has 19 heavy (non-hydrogen) atoms. The Hall–Kier alpha value is -1.03. The summed E-state index contributed by atoms with van der Waals surface area (Å²) in [6.07, 6.45) is 2.13. The lowest BCUT2D eigenvalue weighted by Crippen LogP contribution is -2.32. The molecule has 0 unspecified atom stereocenters. The Kier molecular flexibility index (Phi) is 4.86. The monoisotopic (exact) mass is 299 g/mol. The van der Waals surface area contributed by atoms with Gasteiger partial charge in [-0.05, 0) is 36.3 Å². The number of carbonyl (C=O) groups excluding carboxylic acids is 1. The van der Waals surface area contributed by atoms with Gasteiger partial charge in [0.25, 0.3) is 0 Å². The van der Waals surface area contributed by atoms with E-state index in [-0.39, 0.29) is 17.9 Å². The van der Waals surface area contributed by atoms with E-state index >= 15 is 0 Å². The molecule has 0 spiro atoms. The maximum Gasteiger partial charge on any atom is 0.243 e. The van der Waals surface area contributed by atoms with Crippen LogP contribution in [0.4, 0.5) is 0 Å². The first-order chi connectivity index (χ1) is 9.11. The number of hydrogen-bond acceptors (Lipinski definition) is 2. The van der Waals surface area contributed by atoms with Gasteiger partial charge in [0, 0.05) is 22.6 Å². The predicted octanol–water partition coefficient (Wildman–Crippen LogP) is 3.37. The van der Waals surface area contributed by atoms with Gasteiger partial charge in [0.05, 0.1) is 12.6 Å². The van der Waals surface area contributed by atoms with E-state index in [0.29, 0.717) is 23.3 Å². The third-order valence-electron chi connectivity index (χ3n) is 3.21. The first-order valence-corrected chi connectivity index (χ1v) is 6.83. The van der Waals surface area contributed by atoms with Crippen LogP contribution in [0.25, 0.3) is 0 Å². The van der Waals surface area contributed by atoms with E-state index in [2.05, 4.69) is 11.9 Å². The zero-order valence-corrected chi connectivity index (χ0v) is 11.9. The first-order valence-electron chi connectivity index (χ1n) is 6.07. The summed E-state index contributed by atoms with van der Waals surface area (Å²) in [6.45, 7) is 4.77. The fraction of sp³-hybridized carbons (Fsp3) is 0.357. The molecule has 0 bridgehead atoms. The van der Waals surface area contributed by atoms with Crippen LogP contribution in [0.5, 0.6) is 0 Å². The molecule has 1 heterocycles. The number of hydrogen-bond donors (Lipinski definition) is 1. The van der Waals surface area contributed by atoms with E-state index in [4.69, 9.17) is 27.9 Å². The molecule has 3 nitrogen and oxygen atoms in total. The Bertz CT molecular complexity index is 484. The summed E-state index contributed by atoms with van der Waals surface area (Å²) in [4.78, 5) is 11.6. The van der Waals surface area contributed by atoms with Crippen LogP contribution in [-0.2, 0) is 9.53 Å². The molecule has 102 valence electrons. The lowest BCUT2D eigenvalue weighted by molar-refractivity contribution is -0.117. The van der Waals surface area contributed by atoms with Gasteiger partial charge in [-0.1, -0.05) is 29.8 Å². The minimum Gasteiger partial charge on any atom is -0.381 e. The molecular weight excluding hydrogens is 285 g/mol. The van der Waals surface area contributed by atoms with Gasteiger partial charge < -0.3 is 10.1 Å². The Labute approximate surface area is 122 Å². The van der Waals surface area contributed by atoms with Gasteiger partial charge in [-0.15, -0.1) is 0 Å². The van der Waals surface area contributed by atoms with E-state index < -0.39 is 0 Å². The molecule has 2 rings (SSSR count). The second-order valence-corrected chi connectivity index (χ2v) is 5.32. The van der Waals surface area contributed by atoms with Crippen molar-refractivity contribution >= 4 is 29.1 Å². The molecule has 1 aliphatic heterocycles. The van der Waals surface area contributed by atoms with E-state index in [1.165, 1.54) is 6.08 Å². The predicted molar refractivity (Wildman–Crippen MR) is 76.5 cm³/mol. The van der Waals surface area contributed by atoms with Gasteiger partial charge in [0.15, 0.2) is 0 Å². The first kappa shape index (κ1) is 14.4. The molecule has 1 fully saturated rings. The van der Waals surface area contributed by atoms with E-state index in [9.17, 15) is 4.79 Å². The lowest BCUT2D eigenvalue weighted by atomic mass is 9.92. The van der Waals surface area contributed by atoms with Gasteiger partial charge in [0.1, 0.15) is 0 Å². The van der Waals surface area contributed by atoms with Crippen LogP contribution in [0.15, 0.2) is 30.9 Å².